The standard InChI is InChI=1S/C9H16FN7O/c1-17(2)9(18)13-4-3-12-7-6(10)5-14-8(15-7)16-11/h5H,3-4,11H2,1-2H3,(H,13,18)(H2,12,14,15,16). The number of hydrazine groups is 1. The summed E-state index contributed by atoms with van der Waals surface area (Å²) >= 11 is 0. The van der Waals surface area contributed by atoms with Gasteiger partial charge in [-0.1, -0.05) is 0 Å². The van der Waals surface area contributed by atoms with Crippen LogP contribution in [0.15, 0.2) is 6.20 Å². The van der Waals surface area contributed by atoms with Crippen LogP contribution in [-0.2, 0) is 0 Å². The number of nitrogen functional groups attached to an aromatic ring is 1. The molecular formula is C9H16FN7O. The molecule has 9 heteroatoms. The van der Waals surface area contributed by atoms with Crippen LogP contribution < -0.4 is 21.9 Å². The van der Waals surface area contributed by atoms with Gasteiger partial charge in [-0.3, -0.25) is 5.43 Å². The van der Waals surface area contributed by atoms with Crippen LogP contribution >= 0.6 is 0 Å². The summed E-state index contributed by atoms with van der Waals surface area (Å²) in [5.74, 6) is 4.65. The second-order valence-corrected chi connectivity index (χ2v) is 3.59. The van der Waals surface area contributed by atoms with Crippen molar-refractivity contribution in [3.8, 4) is 0 Å². The summed E-state index contributed by atoms with van der Waals surface area (Å²) in [7, 11) is 3.26. The van der Waals surface area contributed by atoms with E-state index in [0.717, 1.165) is 6.20 Å². The van der Waals surface area contributed by atoms with Crippen LogP contribution in [0.1, 0.15) is 0 Å². The van der Waals surface area contributed by atoms with Gasteiger partial charge in [-0.05, 0) is 0 Å². The Labute approximate surface area is 104 Å². The Balaban J connectivity index is 2.41. The highest BCUT2D eigenvalue weighted by Crippen LogP contribution is 2.10. The van der Waals surface area contributed by atoms with Crippen molar-refractivity contribution in [2.24, 2.45) is 5.84 Å². The van der Waals surface area contributed by atoms with Crippen molar-refractivity contribution in [1.82, 2.24) is 20.2 Å². The fourth-order valence-corrected chi connectivity index (χ4v) is 1.07. The molecule has 0 fully saturated rings. The molecule has 1 aromatic heterocycles. The Hall–Kier alpha value is -2.16. The van der Waals surface area contributed by atoms with E-state index in [4.69, 9.17) is 5.84 Å². The molecule has 1 aromatic rings. The summed E-state index contributed by atoms with van der Waals surface area (Å²) in [6, 6.07) is -0.218. The van der Waals surface area contributed by atoms with Gasteiger partial charge in [-0.25, -0.2) is 20.0 Å². The lowest BCUT2D eigenvalue weighted by molar-refractivity contribution is 0.218. The lowest BCUT2D eigenvalue weighted by Gasteiger charge is -2.12. The first kappa shape index (κ1) is 13.9. The highest BCUT2D eigenvalue weighted by molar-refractivity contribution is 5.73. The molecule has 2 amide bonds. The molecule has 1 rings (SSSR count). The quantitative estimate of drug-likeness (QED) is 0.324. The zero-order chi connectivity index (χ0) is 13.5. The number of hydrogen-bond acceptors (Lipinski definition) is 6. The number of nitrogens with one attached hydrogen (secondary N) is 3. The van der Waals surface area contributed by atoms with Crippen LogP contribution in [0, 0.1) is 5.82 Å². The van der Waals surface area contributed by atoms with Crippen molar-refractivity contribution < 1.29 is 9.18 Å². The summed E-state index contributed by atoms with van der Waals surface area (Å²) < 4.78 is 13.3. The van der Waals surface area contributed by atoms with Gasteiger partial charge in [0, 0.05) is 27.2 Å². The number of rotatable bonds is 5. The molecular weight excluding hydrogens is 241 g/mol. The molecule has 0 saturated carbocycles. The first-order valence-electron chi connectivity index (χ1n) is 5.22. The molecule has 0 atom stereocenters. The van der Waals surface area contributed by atoms with Crippen molar-refractivity contribution in [3.63, 3.8) is 0 Å². The van der Waals surface area contributed by atoms with E-state index in [2.05, 4.69) is 26.0 Å². The van der Waals surface area contributed by atoms with E-state index in [1.807, 2.05) is 0 Å². The van der Waals surface area contributed by atoms with Gasteiger partial charge in [0.05, 0.1) is 6.20 Å². The second-order valence-electron chi connectivity index (χ2n) is 3.59. The van der Waals surface area contributed by atoms with Crippen LogP contribution in [0.4, 0.5) is 21.0 Å². The van der Waals surface area contributed by atoms with Crippen molar-refractivity contribution in [3.05, 3.63) is 12.0 Å². The van der Waals surface area contributed by atoms with Crippen LogP contribution in [0.3, 0.4) is 0 Å². The van der Waals surface area contributed by atoms with Gasteiger partial charge in [-0.2, -0.15) is 4.98 Å². The Kier molecular flexibility index (Phi) is 5.06. The summed E-state index contributed by atoms with van der Waals surface area (Å²) in [5.41, 5.74) is 2.21. The van der Waals surface area contributed by atoms with Gasteiger partial charge in [0.15, 0.2) is 11.6 Å². The van der Waals surface area contributed by atoms with Gasteiger partial charge in [-0.15, -0.1) is 0 Å². The molecule has 0 spiro atoms. The first-order valence-corrected chi connectivity index (χ1v) is 5.22. The van der Waals surface area contributed by atoms with E-state index in [1.165, 1.54) is 4.90 Å². The van der Waals surface area contributed by atoms with E-state index in [-0.39, 0.29) is 17.8 Å². The number of nitrogens with zero attached hydrogens (tertiary/aromatic N) is 3. The number of halogens is 1. The molecule has 0 radical (unpaired) electrons. The fraction of sp³-hybridized carbons (Fsp3) is 0.444. The smallest absolute Gasteiger partial charge is 0.316 e. The molecule has 1 heterocycles. The minimum absolute atomic E-state index is 0.0250. The zero-order valence-corrected chi connectivity index (χ0v) is 10.2. The normalized spacial score (nSPS) is 9.78. The Morgan fingerprint density at radius 3 is 2.83 bits per heavy atom. The number of carbonyl (C=O) groups is 1. The van der Waals surface area contributed by atoms with Crippen molar-refractivity contribution in [2.45, 2.75) is 0 Å². The van der Waals surface area contributed by atoms with Crippen molar-refractivity contribution in [1.29, 1.82) is 0 Å². The minimum atomic E-state index is -0.590. The number of aromatic nitrogens is 2. The van der Waals surface area contributed by atoms with Crippen molar-refractivity contribution >= 4 is 17.8 Å². The summed E-state index contributed by atoms with van der Waals surface area (Å²) in [5, 5.41) is 5.35. The summed E-state index contributed by atoms with van der Waals surface area (Å²) in [6.45, 7) is 0.670. The van der Waals surface area contributed by atoms with E-state index in [1.54, 1.807) is 14.1 Å². The Morgan fingerprint density at radius 2 is 2.22 bits per heavy atom. The lowest BCUT2D eigenvalue weighted by atomic mass is 10.5. The number of carbonyl (C=O) groups excluding carboxylic acids is 1. The minimum Gasteiger partial charge on any atom is -0.366 e. The molecule has 0 bridgehead atoms. The fourth-order valence-electron chi connectivity index (χ4n) is 1.07. The third kappa shape index (κ3) is 4.01. The number of nitrogens with two attached hydrogens (primary N) is 1. The van der Waals surface area contributed by atoms with E-state index < -0.39 is 5.82 Å². The maximum Gasteiger partial charge on any atom is 0.316 e. The van der Waals surface area contributed by atoms with Gasteiger partial charge in [0.2, 0.25) is 5.95 Å². The van der Waals surface area contributed by atoms with Crippen LogP contribution in [-0.4, -0.2) is 48.1 Å². The van der Waals surface area contributed by atoms with Gasteiger partial charge in [0.1, 0.15) is 0 Å². The molecule has 0 aliphatic carbocycles. The summed E-state index contributed by atoms with van der Waals surface area (Å²) in [4.78, 5) is 20.0. The molecule has 5 N–H and O–H groups in total. The van der Waals surface area contributed by atoms with Crippen LogP contribution in [0.2, 0.25) is 0 Å². The maximum atomic E-state index is 13.3. The average molecular weight is 257 g/mol. The highest BCUT2D eigenvalue weighted by atomic mass is 19.1. The van der Waals surface area contributed by atoms with Crippen molar-refractivity contribution in [2.75, 3.05) is 37.9 Å². The van der Waals surface area contributed by atoms with Gasteiger partial charge < -0.3 is 15.5 Å². The third-order valence-electron chi connectivity index (χ3n) is 1.97. The molecule has 8 nitrogen and oxygen atoms in total. The SMILES string of the molecule is CN(C)C(=O)NCCNc1nc(NN)ncc1F. The van der Waals surface area contributed by atoms with E-state index >= 15 is 0 Å². The predicted molar refractivity (Wildman–Crippen MR) is 65.4 cm³/mol. The lowest BCUT2D eigenvalue weighted by Crippen LogP contribution is -2.37. The number of hydrogen-bond donors (Lipinski definition) is 4. The maximum absolute atomic E-state index is 13.3. The molecule has 0 unspecified atom stereocenters. The monoisotopic (exact) mass is 257 g/mol. The van der Waals surface area contributed by atoms with E-state index in [0.29, 0.717) is 13.1 Å². The molecule has 100 valence electrons. The molecule has 0 saturated heterocycles. The second kappa shape index (κ2) is 6.55. The highest BCUT2D eigenvalue weighted by Gasteiger charge is 2.06. The largest absolute Gasteiger partial charge is 0.366 e. The topological polar surface area (TPSA) is 108 Å². The van der Waals surface area contributed by atoms with Gasteiger partial charge in [0.25, 0.3) is 0 Å². The number of urea groups is 1. The predicted octanol–water partition coefficient (Wildman–Crippen LogP) is -0.416. The summed E-state index contributed by atoms with van der Waals surface area (Å²) in [6.07, 6.45) is 1.00. The van der Waals surface area contributed by atoms with Gasteiger partial charge >= 0.3 is 6.03 Å². The van der Waals surface area contributed by atoms with Crippen LogP contribution in [0.25, 0.3) is 0 Å². The zero-order valence-electron chi connectivity index (χ0n) is 10.2. The Bertz CT molecular complexity index is 412. The number of amides is 2. The third-order valence-corrected chi connectivity index (χ3v) is 1.97. The molecule has 0 aromatic carbocycles. The number of anilines is 2. The average Bonchev–Trinajstić information content (AvgIpc) is 2.36. The van der Waals surface area contributed by atoms with E-state index in [9.17, 15) is 9.18 Å². The first-order chi connectivity index (χ1) is 8.54. The molecule has 0 aliphatic rings. The Morgan fingerprint density at radius 1 is 1.50 bits per heavy atom. The molecule has 0 aliphatic heterocycles. The molecule has 18 heavy (non-hydrogen) atoms. The van der Waals surface area contributed by atoms with Crippen LogP contribution in [0.5, 0.6) is 0 Å².